The molecule has 2 nitrogen and oxygen atoms in total. The van der Waals surface area contributed by atoms with E-state index in [0.717, 1.165) is 21.9 Å². The molecule has 0 amide bonds. The molecule has 0 bridgehead atoms. The summed E-state index contributed by atoms with van der Waals surface area (Å²) in [5.74, 6) is -0.374. The predicted molar refractivity (Wildman–Crippen MR) is 119 cm³/mol. The fourth-order valence-corrected chi connectivity index (χ4v) is 6.51. The van der Waals surface area contributed by atoms with E-state index in [1.807, 2.05) is 121 Å². The van der Waals surface area contributed by atoms with Crippen LogP contribution in [0.25, 0.3) is 0 Å². The monoisotopic (exact) mass is 383 g/mol. The quantitative estimate of drug-likeness (QED) is 0.426. The number of para-hydroxylation sites is 1. The van der Waals surface area contributed by atoms with Crippen LogP contribution >= 0.6 is 7.14 Å². The van der Waals surface area contributed by atoms with E-state index in [0.29, 0.717) is 0 Å². The summed E-state index contributed by atoms with van der Waals surface area (Å²) >= 11 is 0. The zero-order valence-corrected chi connectivity index (χ0v) is 16.4. The molecule has 0 heterocycles. The second-order valence-electron chi connectivity index (χ2n) is 6.65. The number of nitrogens with one attached hydrogen (secondary N) is 1. The minimum Gasteiger partial charge on any atom is -0.371 e. The van der Waals surface area contributed by atoms with E-state index < -0.39 is 7.14 Å². The van der Waals surface area contributed by atoms with E-state index in [4.69, 9.17) is 0 Å². The van der Waals surface area contributed by atoms with Gasteiger partial charge in [0.25, 0.3) is 0 Å². The van der Waals surface area contributed by atoms with Crippen molar-refractivity contribution < 1.29 is 4.57 Å². The van der Waals surface area contributed by atoms with Crippen molar-refractivity contribution in [2.45, 2.75) is 5.78 Å². The van der Waals surface area contributed by atoms with Gasteiger partial charge in [-0.15, -0.1) is 0 Å². The normalized spacial score (nSPS) is 12.3. The van der Waals surface area contributed by atoms with E-state index >= 15 is 0 Å². The molecule has 0 spiro atoms. The van der Waals surface area contributed by atoms with Gasteiger partial charge in [-0.05, 0) is 17.7 Å². The van der Waals surface area contributed by atoms with Gasteiger partial charge in [0.2, 0.25) is 0 Å². The maximum Gasteiger partial charge on any atom is 0.168 e. The average molecular weight is 383 g/mol. The molecule has 0 aliphatic heterocycles. The molecule has 3 heteroatoms. The van der Waals surface area contributed by atoms with Gasteiger partial charge in [0, 0.05) is 16.3 Å². The lowest BCUT2D eigenvalue weighted by Crippen LogP contribution is -2.25. The van der Waals surface area contributed by atoms with Gasteiger partial charge in [0.15, 0.2) is 7.14 Å². The van der Waals surface area contributed by atoms with Crippen LogP contribution in [-0.2, 0) is 4.57 Å². The van der Waals surface area contributed by atoms with Gasteiger partial charge in [0.05, 0.1) is 0 Å². The van der Waals surface area contributed by atoms with Crippen molar-refractivity contribution in [3.8, 4) is 0 Å². The fraction of sp³-hybridized carbons (Fsp3) is 0.0400. The highest BCUT2D eigenvalue weighted by atomic mass is 31.2. The molecule has 0 aromatic heterocycles. The van der Waals surface area contributed by atoms with Gasteiger partial charge in [-0.1, -0.05) is 109 Å². The molecule has 1 atom stereocenters. The third kappa shape index (κ3) is 3.65. The third-order valence-electron chi connectivity index (χ3n) is 4.84. The minimum atomic E-state index is -3.03. The van der Waals surface area contributed by atoms with Gasteiger partial charge in [-0.2, -0.15) is 0 Å². The first-order valence-corrected chi connectivity index (χ1v) is 11.1. The lowest BCUT2D eigenvalue weighted by Gasteiger charge is -2.30. The summed E-state index contributed by atoms with van der Waals surface area (Å²) in [5.41, 5.74) is 1.95. The SMILES string of the molecule is O=P(c1ccccc1)(c1ccccc1)C(Nc1ccccc1)c1ccccc1. The summed E-state index contributed by atoms with van der Waals surface area (Å²) in [4.78, 5) is 0. The Morgan fingerprint density at radius 2 is 0.929 bits per heavy atom. The Morgan fingerprint density at radius 1 is 0.536 bits per heavy atom. The van der Waals surface area contributed by atoms with Crippen LogP contribution in [0.1, 0.15) is 11.3 Å². The van der Waals surface area contributed by atoms with Crippen molar-refractivity contribution in [1.29, 1.82) is 0 Å². The van der Waals surface area contributed by atoms with Gasteiger partial charge >= 0.3 is 0 Å². The van der Waals surface area contributed by atoms with Crippen molar-refractivity contribution in [3.63, 3.8) is 0 Å². The van der Waals surface area contributed by atoms with Gasteiger partial charge < -0.3 is 9.88 Å². The van der Waals surface area contributed by atoms with E-state index in [2.05, 4.69) is 5.32 Å². The Kier molecular flexibility index (Phi) is 5.41. The van der Waals surface area contributed by atoms with Crippen LogP contribution in [0.2, 0.25) is 0 Å². The Morgan fingerprint density at radius 3 is 1.39 bits per heavy atom. The van der Waals surface area contributed by atoms with Gasteiger partial charge in [-0.3, -0.25) is 0 Å². The molecular formula is C25H22NOP. The molecule has 28 heavy (non-hydrogen) atoms. The van der Waals surface area contributed by atoms with Crippen LogP contribution in [0.4, 0.5) is 5.69 Å². The maximum atomic E-state index is 14.9. The Balaban J connectivity index is 1.93. The van der Waals surface area contributed by atoms with Crippen molar-refractivity contribution in [2.24, 2.45) is 0 Å². The summed E-state index contributed by atoms with van der Waals surface area (Å²) in [6.45, 7) is 0. The highest BCUT2D eigenvalue weighted by molar-refractivity contribution is 7.79. The maximum absolute atomic E-state index is 14.9. The number of rotatable bonds is 6. The number of hydrogen-bond donors (Lipinski definition) is 1. The largest absolute Gasteiger partial charge is 0.371 e. The molecule has 4 rings (SSSR count). The first-order valence-electron chi connectivity index (χ1n) is 9.36. The number of anilines is 1. The second-order valence-corrected chi connectivity index (χ2v) is 9.52. The molecule has 4 aromatic carbocycles. The molecule has 1 N–H and O–H groups in total. The van der Waals surface area contributed by atoms with Crippen LogP contribution in [0.5, 0.6) is 0 Å². The van der Waals surface area contributed by atoms with Crippen LogP contribution in [0.3, 0.4) is 0 Å². The summed E-state index contributed by atoms with van der Waals surface area (Å²) in [7, 11) is -3.03. The van der Waals surface area contributed by atoms with Crippen LogP contribution < -0.4 is 15.9 Å². The van der Waals surface area contributed by atoms with Gasteiger partial charge in [0.1, 0.15) is 5.78 Å². The Bertz CT molecular complexity index is 1010. The van der Waals surface area contributed by atoms with E-state index in [1.165, 1.54) is 0 Å². The smallest absolute Gasteiger partial charge is 0.168 e. The number of benzene rings is 4. The minimum absolute atomic E-state index is 0.374. The molecular weight excluding hydrogens is 361 g/mol. The lowest BCUT2D eigenvalue weighted by atomic mass is 10.2. The molecule has 0 saturated carbocycles. The van der Waals surface area contributed by atoms with E-state index in [9.17, 15) is 4.57 Å². The van der Waals surface area contributed by atoms with Crippen LogP contribution in [0.15, 0.2) is 121 Å². The summed E-state index contributed by atoms with van der Waals surface area (Å²) in [6, 6.07) is 39.6. The predicted octanol–water partition coefficient (Wildman–Crippen LogP) is 5.81. The molecule has 0 radical (unpaired) electrons. The Hall–Kier alpha value is -3.09. The lowest BCUT2D eigenvalue weighted by molar-refractivity contribution is 0.581. The summed E-state index contributed by atoms with van der Waals surface area (Å²) < 4.78 is 14.9. The van der Waals surface area contributed by atoms with Crippen molar-refractivity contribution in [3.05, 3.63) is 127 Å². The van der Waals surface area contributed by atoms with Crippen LogP contribution in [0, 0.1) is 0 Å². The topological polar surface area (TPSA) is 29.1 Å². The standard InChI is InChI=1S/C25H22NOP/c27-28(23-17-9-3-10-18-23,24-19-11-4-12-20-24)25(21-13-5-1-6-14-21)26-22-15-7-2-8-16-22/h1-20,25-26H. The molecule has 138 valence electrons. The van der Waals surface area contributed by atoms with E-state index in [1.54, 1.807) is 0 Å². The molecule has 0 fully saturated rings. The average Bonchev–Trinajstić information content (AvgIpc) is 2.79. The highest BCUT2D eigenvalue weighted by Gasteiger charge is 2.37. The number of hydrogen-bond acceptors (Lipinski definition) is 2. The molecule has 0 saturated heterocycles. The first-order chi connectivity index (χ1) is 13.8. The van der Waals surface area contributed by atoms with E-state index in [-0.39, 0.29) is 5.78 Å². The molecule has 1 unspecified atom stereocenters. The first kappa shape index (κ1) is 18.3. The second kappa shape index (κ2) is 8.29. The summed E-state index contributed by atoms with van der Waals surface area (Å²) in [5, 5.41) is 5.26. The van der Waals surface area contributed by atoms with Crippen molar-refractivity contribution >= 4 is 23.4 Å². The molecule has 4 aromatic rings. The fourth-order valence-electron chi connectivity index (χ4n) is 3.46. The van der Waals surface area contributed by atoms with Crippen molar-refractivity contribution in [1.82, 2.24) is 0 Å². The van der Waals surface area contributed by atoms with Gasteiger partial charge in [-0.25, -0.2) is 0 Å². The zero-order chi connectivity index (χ0) is 19.2. The van der Waals surface area contributed by atoms with Crippen LogP contribution in [-0.4, -0.2) is 0 Å². The third-order valence-corrected chi connectivity index (χ3v) is 8.12. The highest BCUT2D eigenvalue weighted by Crippen LogP contribution is 2.57. The zero-order valence-electron chi connectivity index (χ0n) is 15.5. The molecule has 0 aliphatic rings. The summed E-state index contributed by atoms with van der Waals surface area (Å²) in [6.07, 6.45) is 0. The molecule has 0 aliphatic carbocycles. The Labute approximate surface area is 166 Å². The van der Waals surface area contributed by atoms with Crippen molar-refractivity contribution in [2.75, 3.05) is 5.32 Å².